The lowest BCUT2D eigenvalue weighted by molar-refractivity contribution is 0.0724. The fourth-order valence-corrected chi connectivity index (χ4v) is 3.16. The van der Waals surface area contributed by atoms with Crippen LogP contribution in [0.3, 0.4) is 0 Å². The Labute approximate surface area is 120 Å². The van der Waals surface area contributed by atoms with Crippen LogP contribution in [0.1, 0.15) is 55.3 Å². The van der Waals surface area contributed by atoms with Crippen LogP contribution < -0.4 is 5.32 Å². The molecule has 0 unspecified atom stereocenters. The van der Waals surface area contributed by atoms with Crippen molar-refractivity contribution in [3.05, 3.63) is 23.9 Å². The first-order chi connectivity index (χ1) is 9.83. The number of likely N-dealkylation sites (tertiary alicyclic amines) is 1. The van der Waals surface area contributed by atoms with E-state index in [1.807, 2.05) is 17.0 Å². The number of hydrogen-bond acceptors (Lipinski definition) is 3. The summed E-state index contributed by atoms with van der Waals surface area (Å²) in [5.74, 6) is 1.02. The van der Waals surface area contributed by atoms with Crippen LogP contribution >= 0.6 is 0 Å². The maximum atomic E-state index is 12.3. The van der Waals surface area contributed by atoms with Gasteiger partial charge in [-0.2, -0.15) is 0 Å². The molecule has 1 aromatic heterocycles. The van der Waals surface area contributed by atoms with Crippen molar-refractivity contribution in [1.82, 2.24) is 9.88 Å². The standard InChI is InChI=1S/C16H23N3O/c20-16(19-10-4-1-5-11-19)13-8-9-15(17-12-13)18-14-6-2-3-7-14/h8-9,12,14H,1-7,10-11H2,(H,17,18). The monoisotopic (exact) mass is 273 g/mol. The molecule has 0 spiro atoms. The number of rotatable bonds is 3. The molecular formula is C16H23N3O. The SMILES string of the molecule is O=C(c1ccc(NC2CCCC2)nc1)N1CCCCC1. The Morgan fingerprint density at radius 2 is 1.85 bits per heavy atom. The first-order valence-corrected chi connectivity index (χ1v) is 7.85. The Morgan fingerprint density at radius 3 is 2.50 bits per heavy atom. The average molecular weight is 273 g/mol. The minimum atomic E-state index is 0.129. The van der Waals surface area contributed by atoms with Crippen molar-refractivity contribution in [2.75, 3.05) is 18.4 Å². The van der Waals surface area contributed by atoms with Crippen molar-refractivity contribution in [2.45, 2.75) is 51.0 Å². The number of nitrogens with one attached hydrogen (secondary N) is 1. The molecule has 108 valence electrons. The molecule has 0 aromatic carbocycles. The van der Waals surface area contributed by atoms with Crippen LogP contribution in [0.4, 0.5) is 5.82 Å². The minimum Gasteiger partial charge on any atom is -0.367 e. The number of carbonyl (C=O) groups is 1. The van der Waals surface area contributed by atoms with Crippen molar-refractivity contribution in [3.8, 4) is 0 Å². The smallest absolute Gasteiger partial charge is 0.255 e. The number of pyridine rings is 1. The van der Waals surface area contributed by atoms with Crippen molar-refractivity contribution < 1.29 is 4.79 Å². The summed E-state index contributed by atoms with van der Waals surface area (Å²) in [6, 6.07) is 4.41. The van der Waals surface area contributed by atoms with Gasteiger partial charge in [-0.25, -0.2) is 4.98 Å². The van der Waals surface area contributed by atoms with Gasteiger partial charge in [0.2, 0.25) is 0 Å². The number of hydrogen-bond donors (Lipinski definition) is 1. The van der Waals surface area contributed by atoms with Crippen LogP contribution in [0.15, 0.2) is 18.3 Å². The summed E-state index contributed by atoms with van der Waals surface area (Å²) >= 11 is 0. The fourth-order valence-electron chi connectivity index (χ4n) is 3.16. The van der Waals surface area contributed by atoms with Gasteiger partial charge in [0, 0.05) is 25.3 Å². The van der Waals surface area contributed by atoms with Crippen LogP contribution in [0, 0.1) is 0 Å². The molecule has 0 bridgehead atoms. The highest BCUT2D eigenvalue weighted by atomic mass is 16.2. The van der Waals surface area contributed by atoms with Crippen LogP contribution in [-0.4, -0.2) is 34.9 Å². The first-order valence-electron chi connectivity index (χ1n) is 7.85. The minimum absolute atomic E-state index is 0.129. The summed E-state index contributed by atoms with van der Waals surface area (Å²) < 4.78 is 0. The van der Waals surface area contributed by atoms with E-state index in [0.29, 0.717) is 11.6 Å². The summed E-state index contributed by atoms with van der Waals surface area (Å²) in [6.45, 7) is 1.78. The molecule has 1 aromatic rings. The normalized spacial score (nSPS) is 20.1. The molecule has 2 fully saturated rings. The van der Waals surface area contributed by atoms with Gasteiger partial charge >= 0.3 is 0 Å². The van der Waals surface area contributed by atoms with Crippen molar-refractivity contribution in [3.63, 3.8) is 0 Å². The second-order valence-electron chi connectivity index (χ2n) is 5.91. The van der Waals surface area contributed by atoms with Crippen LogP contribution in [0.2, 0.25) is 0 Å². The third-order valence-electron chi connectivity index (χ3n) is 4.36. The molecule has 4 nitrogen and oxygen atoms in total. The summed E-state index contributed by atoms with van der Waals surface area (Å²) in [6.07, 6.45) is 10.3. The zero-order valence-corrected chi connectivity index (χ0v) is 12.0. The predicted molar refractivity (Wildman–Crippen MR) is 79.9 cm³/mol. The maximum Gasteiger partial charge on any atom is 0.255 e. The second-order valence-corrected chi connectivity index (χ2v) is 5.91. The van der Waals surface area contributed by atoms with Gasteiger partial charge in [-0.05, 0) is 44.2 Å². The lowest BCUT2D eigenvalue weighted by Crippen LogP contribution is -2.35. The van der Waals surface area contributed by atoms with Crippen molar-refractivity contribution >= 4 is 11.7 Å². The summed E-state index contributed by atoms with van der Waals surface area (Å²) in [5, 5.41) is 3.45. The molecule has 0 radical (unpaired) electrons. The lowest BCUT2D eigenvalue weighted by Gasteiger charge is -2.26. The topological polar surface area (TPSA) is 45.2 Å². The lowest BCUT2D eigenvalue weighted by atomic mass is 10.1. The number of aromatic nitrogens is 1. The number of amides is 1. The molecule has 1 N–H and O–H groups in total. The van der Waals surface area contributed by atoms with E-state index in [1.54, 1.807) is 6.20 Å². The van der Waals surface area contributed by atoms with E-state index in [0.717, 1.165) is 31.7 Å². The molecular weight excluding hydrogens is 250 g/mol. The largest absolute Gasteiger partial charge is 0.367 e. The van der Waals surface area contributed by atoms with Gasteiger partial charge in [0.1, 0.15) is 5.82 Å². The van der Waals surface area contributed by atoms with E-state index < -0.39 is 0 Å². The van der Waals surface area contributed by atoms with Crippen molar-refractivity contribution in [2.24, 2.45) is 0 Å². The van der Waals surface area contributed by atoms with Gasteiger partial charge in [0.25, 0.3) is 5.91 Å². The zero-order chi connectivity index (χ0) is 13.8. The summed E-state index contributed by atoms with van der Waals surface area (Å²) in [4.78, 5) is 18.7. The van der Waals surface area contributed by atoms with Gasteiger partial charge in [-0.3, -0.25) is 4.79 Å². The van der Waals surface area contributed by atoms with E-state index in [4.69, 9.17) is 0 Å². The van der Waals surface area contributed by atoms with Crippen LogP contribution in [0.5, 0.6) is 0 Å². The molecule has 3 rings (SSSR count). The number of nitrogens with zero attached hydrogens (tertiary/aromatic N) is 2. The van der Waals surface area contributed by atoms with Gasteiger partial charge < -0.3 is 10.2 Å². The molecule has 20 heavy (non-hydrogen) atoms. The Kier molecular flexibility index (Phi) is 4.19. The third-order valence-corrected chi connectivity index (χ3v) is 4.36. The molecule has 1 saturated heterocycles. The molecule has 2 heterocycles. The third kappa shape index (κ3) is 3.11. The fraction of sp³-hybridized carbons (Fsp3) is 0.625. The molecule has 2 aliphatic rings. The number of anilines is 1. The average Bonchev–Trinajstić information content (AvgIpc) is 3.01. The Bertz CT molecular complexity index is 445. The highest BCUT2D eigenvalue weighted by Crippen LogP contribution is 2.21. The quantitative estimate of drug-likeness (QED) is 0.920. The Balaban J connectivity index is 1.61. The van der Waals surface area contributed by atoms with Crippen LogP contribution in [0.25, 0.3) is 0 Å². The van der Waals surface area contributed by atoms with Gasteiger partial charge in [-0.15, -0.1) is 0 Å². The maximum absolute atomic E-state index is 12.3. The first kappa shape index (κ1) is 13.4. The molecule has 1 aliphatic heterocycles. The van der Waals surface area contributed by atoms with Gasteiger partial charge in [0.15, 0.2) is 0 Å². The second kappa shape index (κ2) is 6.25. The Morgan fingerprint density at radius 1 is 1.10 bits per heavy atom. The number of piperidine rings is 1. The Hall–Kier alpha value is -1.58. The highest BCUT2D eigenvalue weighted by Gasteiger charge is 2.19. The predicted octanol–water partition coefficient (Wildman–Crippen LogP) is 3.06. The van der Waals surface area contributed by atoms with Crippen molar-refractivity contribution in [1.29, 1.82) is 0 Å². The highest BCUT2D eigenvalue weighted by molar-refractivity contribution is 5.94. The zero-order valence-electron chi connectivity index (χ0n) is 12.0. The van der Waals surface area contributed by atoms with Crippen LogP contribution in [-0.2, 0) is 0 Å². The van der Waals surface area contributed by atoms with Gasteiger partial charge in [-0.1, -0.05) is 12.8 Å². The van der Waals surface area contributed by atoms with Gasteiger partial charge in [0.05, 0.1) is 5.56 Å². The van der Waals surface area contributed by atoms with E-state index in [9.17, 15) is 4.79 Å². The molecule has 4 heteroatoms. The molecule has 1 amide bonds. The molecule has 0 atom stereocenters. The van der Waals surface area contributed by atoms with E-state index in [2.05, 4.69) is 10.3 Å². The summed E-state index contributed by atoms with van der Waals surface area (Å²) in [7, 11) is 0. The van der Waals surface area contributed by atoms with E-state index in [1.165, 1.54) is 32.1 Å². The molecule has 1 aliphatic carbocycles. The molecule has 1 saturated carbocycles. The van der Waals surface area contributed by atoms with E-state index >= 15 is 0 Å². The number of carbonyl (C=O) groups excluding carboxylic acids is 1. The summed E-state index contributed by atoms with van der Waals surface area (Å²) in [5.41, 5.74) is 0.712. The van der Waals surface area contributed by atoms with E-state index in [-0.39, 0.29) is 5.91 Å².